The van der Waals surface area contributed by atoms with Gasteiger partial charge in [-0.1, -0.05) is 35.4 Å². The van der Waals surface area contributed by atoms with Crippen LogP contribution in [0.25, 0.3) is 0 Å². The molecule has 2 aromatic rings. The summed E-state index contributed by atoms with van der Waals surface area (Å²) in [6.45, 7) is 4.92. The topological polar surface area (TPSA) is 75.5 Å². The molecule has 6 nitrogen and oxygen atoms in total. The highest BCUT2D eigenvalue weighted by Gasteiger charge is 2.13. The lowest BCUT2D eigenvalue weighted by molar-refractivity contribution is -0.384. The molecule has 0 aromatic heterocycles. The quantitative estimate of drug-likeness (QED) is 0.624. The molecule has 0 aliphatic rings. The highest BCUT2D eigenvalue weighted by atomic mass is 35.5. The van der Waals surface area contributed by atoms with Gasteiger partial charge in [0.25, 0.3) is 5.69 Å². The second-order valence-corrected chi connectivity index (χ2v) is 6.48. The van der Waals surface area contributed by atoms with Crippen molar-refractivity contribution in [2.24, 2.45) is 0 Å². The molecule has 1 N–H and O–H groups in total. The average molecular weight is 362 g/mol. The molecule has 0 saturated heterocycles. The van der Waals surface area contributed by atoms with Crippen LogP contribution in [-0.2, 0) is 11.3 Å². The smallest absolute Gasteiger partial charge is 0.271 e. The van der Waals surface area contributed by atoms with Crippen molar-refractivity contribution < 1.29 is 9.72 Å². The molecule has 0 unspecified atom stereocenters. The predicted molar refractivity (Wildman–Crippen MR) is 99.0 cm³/mol. The van der Waals surface area contributed by atoms with Gasteiger partial charge in [0.15, 0.2) is 0 Å². The minimum Gasteiger partial charge on any atom is -0.324 e. The molecule has 0 aliphatic heterocycles. The van der Waals surface area contributed by atoms with Gasteiger partial charge in [-0.05, 0) is 38.1 Å². The summed E-state index contributed by atoms with van der Waals surface area (Å²) in [7, 11) is 1.86. The van der Waals surface area contributed by atoms with Crippen molar-refractivity contribution in [3.8, 4) is 0 Å². The summed E-state index contributed by atoms with van der Waals surface area (Å²) in [6, 6.07) is 10.2. The molecule has 1 amide bonds. The summed E-state index contributed by atoms with van der Waals surface area (Å²) >= 11 is 5.99. The molecule has 0 radical (unpaired) electrons. The van der Waals surface area contributed by atoms with E-state index >= 15 is 0 Å². The van der Waals surface area contributed by atoms with Crippen molar-refractivity contribution in [1.82, 2.24) is 4.90 Å². The fourth-order valence-electron chi connectivity index (χ4n) is 2.52. The molecule has 0 aliphatic carbocycles. The van der Waals surface area contributed by atoms with Crippen LogP contribution in [0, 0.1) is 24.0 Å². The Morgan fingerprint density at radius 3 is 2.56 bits per heavy atom. The minimum atomic E-state index is -0.533. The Morgan fingerprint density at radius 2 is 1.96 bits per heavy atom. The Kier molecular flexibility index (Phi) is 6.12. The van der Waals surface area contributed by atoms with E-state index < -0.39 is 4.92 Å². The monoisotopic (exact) mass is 361 g/mol. The van der Waals surface area contributed by atoms with Gasteiger partial charge in [0.2, 0.25) is 5.91 Å². The first kappa shape index (κ1) is 18.9. The molecule has 25 heavy (non-hydrogen) atoms. The van der Waals surface area contributed by atoms with Gasteiger partial charge >= 0.3 is 0 Å². The van der Waals surface area contributed by atoms with Crippen LogP contribution < -0.4 is 5.32 Å². The maximum atomic E-state index is 12.2. The molecular formula is C18H20ClN3O3. The van der Waals surface area contributed by atoms with Crippen LogP contribution >= 0.6 is 11.6 Å². The lowest BCUT2D eigenvalue weighted by Crippen LogP contribution is -2.30. The lowest BCUT2D eigenvalue weighted by Gasteiger charge is -2.18. The van der Waals surface area contributed by atoms with Gasteiger partial charge in [-0.25, -0.2) is 0 Å². The first-order valence-corrected chi connectivity index (χ1v) is 8.12. The zero-order chi connectivity index (χ0) is 18.6. The van der Waals surface area contributed by atoms with Gasteiger partial charge in [0.1, 0.15) is 0 Å². The minimum absolute atomic E-state index is 0.116. The summed E-state index contributed by atoms with van der Waals surface area (Å²) in [4.78, 5) is 24.2. The third kappa shape index (κ3) is 5.27. The summed E-state index contributed by atoms with van der Waals surface area (Å²) < 4.78 is 0. The maximum absolute atomic E-state index is 12.2. The van der Waals surface area contributed by atoms with Crippen molar-refractivity contribution >= 4 is 28.9 Å². The van der Waals surface area contributed by atoms with E-state index in [0.29, 0.717) is 12.2 Å². The Balaban J connectivity index is 1.96. The van der Waals surface area contributed by atoms with Crippen LogP contribution in [0.2, 0.25) is 5.02 Å². The number of carbonyl (C=O) groups is 1. The number of hydrogen-bond donors (Lipinski definition) is 1. The third-order valence-electron chi connectivity index (χ3n) is 3.79. The molecular weight excluding hydrogens is 342 g/mol. The number of rotatable bonds is 6. The molecule has 0 spiro atoms. The van der Waals surface area contributed by atoms with Crippen molar-refractivity contribution in [3.63, 3.8) is 0 Å². The molecule has 132 valence electrons. The van der Waals surface area contributed by atoms with Gasteiger partial charge in [-0.15, -0.1) is 0 Å². The van der Waals surface area contributed by atoms with E-state index in [4.69, 9.17) is 11.6 Å². The lowest BCUT2D eigenvalue weighted by atomic mass is 10.1. The number of halogens is 1. The number of carbonyl (C=O) groups excluding carboxylic acids is 1. The van der Waals surface area contributed by atoms with Crippen LogP contribution in [0.1, 0.15) is 16.7 Å². The number of nitro benzene ring substituents is 1. The Morgan fingerprint density at radius 1 is 1.24 bits per heavy atom. The summed E-state index contributed by atoms with van der Waals surface area (Å²) in [5, 5.41) is 13.5. The van der Waals surface area contributed by atoms with Gasteiger partial charge in [0.05, 0.1) is 22.2 Å². The number of amides is 1. The van der Waals surface area contributed by atoms with E-state index in [2.05, 4.69) is 17.4 Å². The number of nitrogens with zero attached hydrogens (tertiary/aromatic N) is 2. The molecule has 2 aromatic carbocycles. The highest BCUT2D eigenvalue weighted by molar-refractivity contribution is 6.34. The second-order valence-electron chi connectivity index (χ2n) is 6.07. The Bertz CT molecular complexity index is 808. The van der Waals surface area contributed by atoms with Crippen molar-refractivity contribution in [2.45, 2.75) is 20.4 Å². The average Bonchev–Trinajstić information content (AvgIpc) is 2.51. The molecule has 0 heterocycles. The molecule has 0 atom stereocenters. The van der Waals surface area contributed by atoms with E-state index in [1.165, 1.54) is 29.3 Å². The maximum Gasteiger partial charge on any atom is 0.271 e. The SMILES string of the molecule is Cc1ccc(CN(C)CC(=O)Nc2ccc([N+](=O)[O-])cc2Cl)c(C)c1. The number of non-ortho nitro benzene ring substituents is 1. The first-order valence-electron chi connectivity index (χ1n) is 7.74. The van der Waals surface area contributed by atoms with Gasteiger partial charge in [-0.3, -0.25) is 19.8 Å². The largest absolute Gasteiger partial charge is 0.324 e. The number of benzene rings is 2. The van der Waals surface area contributed by atoms with Crippen molar-refractivity contribution in [2.75, 3.05) is 18.9 Å². The van der Waals surface area contributed by atoms with Crippen molar-refractivity contribution in [1.29, 1.82) is 0 Å². The zero-order valence-corrected chi connectivity index (χ0v) is 15.1. The molecule has 7 heteroatoms. The molecule has 0 saturated carbocycles. The molecule has 0 fully saturated rings. The van der Waals surface area contributed by atoms with Crippen LogP contribution in [-0.4, -0.2) is 29.3 Å². The molecule has 0 bridgehead atoms. The number of nitro groups is 1. The Labute approximate surface area is 151 Å². The van der Waals surface area contributed by atoms with E-state index in [0.717, 1.165) is 5.56 Å². The summed E-state index contributed by atoms with van der Waals surface area (Å²) in [5.74, 6) is -0.233. The number of hydrogen-bond acceptors (Lipinski definition) is 4. The number of likely N-dealkylation sites (N-methyl/N-ethyl adjacent to an activating group) is 1. The zero-order valence-electron chi connectivity index (χ0n) is 14.4. The van der Waals surface area contributed by atoms with Crippen LogP contribution in [0.4, 0.5) is 11.4 Å². The van der Waals surface area contributed by atoms with Crippen LogP contribution in [0.3, 0.4) is 0 Å². The summed E-state index contributed by atoms with van der Waals surface area (Å²) in [6.07, 6.45) is 0. The number of aryl methyl sites for hydroxylation is 2. The fraction of sp³-hybridized carbons (Fsp3) is 0.278. The van der Waals surface area contributed by atoms with E-state index in [1.807, 2.05) is 31.9 Å². The van der Waals surface area contributed by atoms with Gasteiger partial charge in [0, 0.05) is 18.7 Å². The van der Waals surface area contributed by atoms with E-state index in [9.17, 15) is 14.9 Å². The normalized spacial score (nSPS) is 10.8. The third-order valence-corrected chi connectivity index (χ3v) is 4.10. The first-order chi connectivity index (χ1) is 11.8. The van der Waals surface area contributed by atoms with E-state index in [1.54, 1.807) is 0 Å². The summed E-state index contributed by atoms with van der Waals surface area (Å²) in [5.41, 5.74) is 3.79. The fourth-order valence-corrected chi connectivity index (χ4v) is 2.75. The number of anilines is 1. The van der Waals surface area contributed by atoms with Crippen LogP contribution in [0.5, 0.6) is 0 Å². The van der Waals surface area contributed by atoms with Gasteiger partial charge < -0.3 is 5.32 Å². The van der Waals surface area contributed by atoms with Gasteiger partial charge in [-0.2, -0.15) is 0 Å². The van der Waals surface area contributed by atoms with Crippen LogP contribution in [0.15, 0.2) is 36.4 Å². The molecule has 2 rings (SSSR count). The highest BCUT2D eigenvalue weighted by Crippen LogP contribution is 2.26. The number of nitrogens with one attached hydrogen (secondary N) is 1. The predicted octanol–water partition coefficient (Wildman–Crippen LogP) is 3.94. The second kappa shape index (κ2) is 8.09. The standard InChI is InChI=1S/C18H20ClN3O3/c1-12-4-5-14(13(2)8-12)10-21(3)11-18(23)20-17-7-6-15(22(24)25)9-16(17)19/h4-9H,10-11H2,1-3H3,(H,20,23). The Hall–Kier alpha value is -2.44. The van der Waals surface area contributed by atoms with E-state index in [-0.39, 0.29) is 23.2 Å². The van der Waals surface area contributed by atoms with Crippen molar-refractivity contribution in [3.05, 3.63) is 68.2 Å².